The van der Waals surface area contributed by atoms with Crippen molar-refractivity contribution >= 4 is 17.5 Å². The molecular weight excluding hydrogens is 472 g/mol. The van der Waals surface area contributed by atoms with Gasteiger partial charge in [0.05, 0.1) is 45.6 Å². The molecule has 1 aliphatic heterocycles. The Labute approximate surface area is 217 Å². The lowest BCUT2D eigenvalue weighted by Gasteiger charge is -2.41. The molecule has 1 heterocycles. The van der Waals surface area contributed by atoms with Gasteiger partial charge in [-0.3, -0.25) is 9.59 Å². The topological polar surface area (TPSA) is 77.5 Å². The molecule has 3 aromatic rings. The molecule has 0 bridgehead atoms. The molecule has 37 heavy (non-hydrogen) atoms. The zero-order valence-electron chi connectivity index (χ0n) is 22.0. The van der Waals surface area contributed by atoms with Gasteiger partial charge in [0, 0.05) is 19.7 Å². The number of rotatable bonds is 8. The van der Waals surface area contributed by atoms with Crippen LogP contribution in [0.3, 0.4) is 0 Å². The van der Waals surface area contributed by atoms with Crippen molar-refractivity contribution in [3.05, 3.63) is 77.4 Å². The SMILES string of the molecule is CCOc1ccccc1N(C)C(=O)[C@@H]1c2cc(OC)c(OC)cc2C(=O)N(C)[C@H]1c1ccc(OC)cc1. The highest BCUT2D eigenvalue weighted by Gasteiger charge is 2.45. The largest absolute Gasteiger partial charge is 0.497 e. The number of carbonyl (C=O) groups excluding carboxylic acids is 2. The van der Waals surface area contributed by atoms with E-state index < -0.39 is 12.0 Å². The van der Waals surface area contributed by atoms with Crippen molar-refractivity contribution in [3.8, 4) is 23.0 Å². The van der Waals surface area contributed by atoms with Crippen LogP contribution in [0.2, 0.25) is 0 Å². The van der Waals surface area contributed by atoms with Gasteiger partial charge in [-0.1, -0.05) is 24.3 Å². The Bertz CT molecular complexity index is 1290. The fourth-order valence-corrected chi connectivity index (χ4v) is 4.87. The maximum Gasteiger partial charge on any atom is 0.254 e. The Kier molecular flexibility index (Phi) is 7.57. The predicted octanol–water partition coefficient (Wildman–Crippen LogP) is 4.68. The first kappa shape index (κ1) is 25.9. The third kappa shape index (κ3) is 4.67. The molecular formula is C29H32N2O6. The number of carbonyl (C=O) groups is 2. The summed E-state index contributed by atoms with van der Waals surface area (Å²) in [5.41, 5.74) is 2.42. The van der Waals surface area contributed by atoms with Crippen LogP contribution in [0.4, 0.5) is 5.69 Å². The number of ether oxygens (including phenoxy) is 4. The Morgan fingerprint density at radius 1 is 0.919 bits per heavy atom. The predicted molar refractivity (Wildman–Crippen MR) is 141 cm³/mol. The third-order valence-corrected chi connectivity index (χ3v) is 6.75. The fourth-order valence-electron chi connectivity index (χ4n) is 4.87. The van der Waals surface area contributed by atoms with E-state index in [1.165, 1.54) is 14.2 Å². The second kappa shape index (κ2) is 10.8. The van der Waals surface area contributed by atoms with Crippen molar-refractivity contribution < 1.29 is 28.5 Å². The number of fused-ring (bicyclic) bond motifs is 1. The van der Waals surface area contributed by atoms with Crippen LogP contribution in [-0.2, 0) is 4.79 Å². The standard InChI is InChI=1S/C29H32N2O6/c1-7-37-23-11-9-8-10-22(23)30(2)29(33)26-20-16-24(35-5)25(36-6)17-21(20)28(32)31(3)27(26)18-12-14-19(34-4)15-13-18/h8-17,26-27H,7H2,1-6H3/t26-,27+/m1/s1. The van der Waals surface area contributed by atoms with E-state index in [0.717, 1.165) is 5.56 Å². The zero-order chi connectivity index (χ0) is 26.7. The molecule has 1 aliphatic rings. The molecule has 0 N–H and O–H groups in total. The van der Waals surface area contributed by atoms with E-state index in [-0.39, 0.29) is 11.8 Å². The van der Waals surface area contributed by atoms with Crippen LogP contribution in [0.15, 0.2) is 60.7 Å². The van der Waals surface area contributed by atoms with Crippen molar-refractivity contribution in [1.82, 2.24) is 4.90 Å². The number of benzene rings is 3. The quantitative estimate of drug-likeness (QED) is 0.443. The van der Waals surface area contributed by atoms with Crippen LogP contribution >= 0.6 is 0 Å². The first-order valence-corrected chi connectivity index (χ1v) is 12.0. The highest BCUT2D eigenvalue weighted by atomic mass is 16.5. The molecule has 0 spiro atoms. The Morgan fingerprint density at radius 2 is 1.57 bits per heavy atom. The average molecular weight is 505 g/mol. The van der Waals surface area contributed by atoms with E-state index in [4.69, 9.17) is 18.9 Å². The summed E-state index contributed by atoms with van der Waals surface area (Å²) in [5, 5.41) is 0. The molecule has 194 valence electrons. The van der Waals surface area contributed by atoms with Gasteiger partial charge < -0.3 is 28.7 Å². The van der Waals surface area contributed by atoms with Crippen LogP contribution in [0, 0.1) is 0 Å². The van der Waals surface area contributed by atoms with Crippen molar-refractivity contribution in [2.24, 2.45) is 0 Å². The highest BCUT2D eigenvalue weighted by molar-refractivity contribution is 6.06. The second-order valence-corrected chi connectivity index (χ2v) is 8.70. The molecule has 8 nitrogen and oxygen atoms in total. The lowest BCUT2D eigenvalue weighted by atomic mass is 9.78. The minimum atomic E-state index is -0.731. The minimum Gasteiger partial charge on any atom is -0.497 e. The van der Waals surface area contributed by atoms with E-state index in [0.29, 0.717) is 46.4 Å². The number of methoxy groups -OCH3 is 3. The maximum absolute atomic E-state index is 14.4. The molecule has 0 saturated carbocycles. The summed E-state index contributed by atoms with van der Waals surface area (Å²) in [7, 11) is 8.08. The lowest BCUT2D eigenvalue weighted by Crippen LogP contribution is -2.46. The maximum atomic E-state index is 14.4. The summed E-state index contributed by atoms with van der Waals surface area (Å²) in [6.45, 7) is 2.37. The number of hydrogen-bond donors (Lipinski definition) is 0. The number of hydrogen-bond acceptors (Lipinski definition) is 6. The van der Waals surface area contributed by atoms with E-state index in [1.54, 1.807) is 43.1 Å². The molecule has 0 unspecified atom stereocenters. The molecule has 2 amide bonds. The van der Waals surface area contributed by atoms with E-state index in [1.807, 2.05) is 55.5 Å². The molecule has 0 aliphatic carbocycles. The number of nitrogens with zero attached hydrogens (tertiary/aromatic N) is 2. The minimum absolute atomic E-state index is 0.194. The molecule has 0 fully saturated rings. The van der Waals surface area contributed by atoms with Gasteiger partial charge >= 0.3 is 0 Å². The van der Waals surface area contributed by atoms with Crippen LogP contribution in [0.5, 0.6) is 23.0 Å². The van der Waals surface area contributed by atoms with Crippen LogP contribution in [0.25, 0.3) is 0 Å². The molecule has 0 radical (unpaired) electrons. The summed E-state index contributed by atoms with van der Waals surface area (Å²) in [4.78, 5) is 31.2. The van der Waals surface area contributed by atoms with E-state index in [2.05, 4.69) is 0 Å². The summed E-state index contributed by atoms with van der Waals surface area (Å²) >= 11 is 0. The normalized spacial score (nSPS) is 16.6. The Balaban J connectivity index is 1.91. The lowest BCUT2D eigenvalue weighted by molar-refractivity contribution is -0.121. The summed E-state index contributed by atoms with van der Waals surface area (Å²) < 4.78 is 22.1. The molecule has 3 aromatic carbocycles. The third-order valence-electron chi connectivity index (χ3n) is 6.75. The number of anilines is 1. The zero-order valence-corrected chi connectivity index (χ0v) is 22.0. The van der Waals surface area contributed by atoms with E-state index in [9.17, 15) is 9.59 Å². The number of amides is 2. The van der Waals surface area contributed by atoms with Crippen LogP contribution in [-0.4, -0.2) is 58.7 Å². The second-order valence-electron chi connectivity index (χ2n) is 8.70. The smallest absolute Gasteiger partial charge is 0.254 e. The first-order valence-electron chi connectivity index (χ1n) is 12.0. The van der Waals surface area contributed by atoms with Gasteiger partial charge in [0.25, 0.3) is 5.91 Å². The van der Waals surface area contributed by atoms with Crippen LogP contribution in [0.1, 0.15) is 40.4 Å². The summed E-state index contributed by atoms with van der Waals surface area (Å²) in [6.07, 6.45) is 0. The summed E-state index contributed by atoms with van der Waals surface area (Å²) in [6, 6.07) is 17.6. The van der Waals surface area contributed by atoms with Crippen molar-refractivity contribution in [2.45, 2.75) is 18.9 Å². The Hall–Kier alpha value is -4.20. The van der Waals surface area contributed by atoms with Gasteiger partial charge in [-0.25, -0.2) is 0 Å². The first-order chi connectivity index (χ1) is 17.9. The van der Waals surface area contributed by atoms with Gasteiger partial charge in [-0.15, -0.1) is 0 Å². The van der Waals surface area contributed by atoms with E-state index >= 15 is 0 Å². The van der Waals surface area contributed by atoms with Crippen molar-refractivity contribution in [3.63, 3.8) is 0 Å². The van der Waals surface area contributed by atoms with Crippen molar-refractivity contribution in [1.29, 1.82) is 0 Å². The van der Waals surface area contributed by atoms with Crippen LogP contribution < -0.4 is 23.8 Å². The highest BCUT2D eigenvalue weighted by Crippen LogP contribution is 2.47. The van der Waals surface area contributed by atoms with Gasteiger partial charge in [0.15, 0.2) is 11.5 Å². The molecule has 2 atom stereocenters. The van der Waals surface area contributed by atoms with Gasteiger partial charge in [0.1, 0.15) is 11.5 Å². The van der Waals surface area contributed by atoms with Gasteiger partial charge in [0.2, 0.25) is 5.91 Å². The summed E-state index contributed by atoms with van der Waals surface area (Å²) in [5.74, 6) is 1.03. The van der Waals surface area contributed by atoms with Gasteiger partial charge in [-0.05, 0) is 54.4 Å². The molecule has 4 rings (SSSR count). The van der Waals surface area contributed by atoms with Crippen molar-refractivity contribution in [2.75, 3.05) is 46.9 Å². The average Bonchev–Trinajstić information content (AvgIpc) is 2.94. The molecule has 8 heteroatoms. The molecule has 0 saturated heterocycles. The Morgan fingerprint density at radius 3 is 2.19 bits per heavy atom. The molecule has 0 aromatic heterocycles. The monoisotopic (exact) mass is 504 g/mol. The number of para-hydroxylation sites is 2. The van der Waals surface area contributed by atoms with Gasteiger partial charge in [-0.2, -0.15) is 0 Å². The number of likely N-dealkylation sites (N-methyl/N-ethyl adjacent to an activating group) is 2. The fraction of sp³-hybridized carbons (Fsp3) is 0.310.